The van der Waals surface area contributed by atoms with Crippen LogP contribution in [0.4, 0.5) is 14.5 Å². The number of hydrogen-bond donors (Lipinski definition) is 3. The second kappa shape index (κ2) is 9.94. The Morgan fingerprint density at radius 2 is 1.86 bits per heavy atom. The van der Waals surface area contributed by atoms with E-state index in [-0.39, 0.29) is 45.1 Å². The number of methoxy groups -OCH3 is 1. The van der Waals surface area contributed by atoms with Crippen LogP contribution in [0.25, 0.3) is 11.3 Å². The highest BCUT2D eigenvalue weighted by Crippen LogP contribution is 2.31. The highest BCUT2D eigenvalue weighted by Gasteiger charge is 2.35. The van der Waals surface area contributed by atoms with Gasteiger partial charge in [-0.2, -0.15) is 4.39 Å². The average molecular weight is 519 g/mol. The van der Waals surface area contributed by atoms with Crippen LogP contribution in [0.3, 0.4) is 0 Å². The van der Waals surface area contributed by atoms with E-state index in [1.54, 1.807) is 0 Å². The molecule has 1 aliphatic rings. The summed E-state index contributed by atoms with van der Waals surface area (Å²) in [6.45, 7) is 0. The van der Waals surface area contributed by atoms with Gasteiger partial charge in [-0.05, 0) is 43.2 Å². The van der Waals surface area contributed by atoms with Crippen LogP contribution in [0, 0.1) is 17.6 Å². The van der Waals surface area contributed by atoms with Crippen LogP contribution < -0.4 is 15.4 Å². The number of carboxylic acids is 1. The molecular weight excluding hydrogens is 498 g/mol. The molecule has 3 N–H and O–H groups in total. The number of aromatic nitrogens is 2. The van der Waals surface area contributed by atoms with Crippen molar-refractivity contribution >= 4 is 35.1 Å². The topological polar surface area (TPSA) is 123 Å². The number of rotatable bonds is 7. The number of aliphatic carboxylic acids is 1. The number of nitrogens with zero attached hydrogens (tertiary/aromatic N) is 2. The normalized spacial score (nSPS) is 16.7. The molecule has 0 atom stereocenters. The smallest absolute Gasteiger partial charge is 0.306 e. The van der Waals surface area contributed by atoms with Gasteiger partial charge in [0.25, 0.3) is 11.8 Å². The lowest BCUT2D eigenvalue weighted by Gasteiger charge is -2.32. The molecule has 0 radical (unpaired) electrons. The van der Waals surface area contributed by atoms with Crippen LogP contribution in [0.5, 0.6) is 5.75 Å². The number of amides is 2. The van der Waals surface area contributed by atoms with Crippen molar-refractivity contribution in [1.29, 1.82) is 0 Å². The number of carboxylic acid groups (broad SMARTS) is 1. The third-order valence-electron chi connectivity index (χ3n) is 6.03. The van der Waals surface area contributed by atoms with Gasteiger partial charge in [0.2, 0.25) is 5.82 Å². The summed E-state index contributed by atoms with van der Waals surface area (Å²) < 4.78 is 34.7. The lowest BCUT2D eigenvalue weighted by Crippen LogP contribution is -2.46. The van der Waals surface area contributed by atoms with E-state index < -0.39 is 35.3 Å². The molecule has 1 heterocycles. The van der Waals surface area contributed by atoms with Gasteiger partial charge in [0.15, 0.2) is 17.4 Å². The molecule has 3 aromatic rings. The maximum absolute atomic E-state index is 14.5. The fourth-order valence-electron chi connectivity index (χ4n) is 3.92. The molecule has 12 heteroatoms. The van der Waals surface area contributed by atoms with Crippen LogP contribution in [0.15, 0.2) is 36.5 Å². The first-order valence-electron chi connectivity index (χ1n) is 10.8. The summed E-state index contributed by atoms with van der Waals surface area (Å²) in [6, 6.07) is 6.65. The zero-order chi connectivity index (χ0) is 26.1. The second-order valence-corrected chi connectivity index (χ2v) is 8.70. The first kappa shape index (κ1) is 25.1. The summed E-state index contributed by atoms with van der Waals surface area (Å²) in [5.41, 5.74) is 0.527. The predicted octanol–water partition coefficient (Wildman–Crippen LogP) is 3.87. The minimum absolute atomic E-state index is 0.0727. The lowest BCUT2D eigenvalue weighted by atomic mass is 9.80. The van der Waals surface area contributed by atoms with Crippen molar-refractivity contribution in [1.82, 2.24) is 14.9 Å². The highest BCUT2D eigenvalue weighted by atomic mass is 35.5. The van der Waals surface area contributed by atoms with Gasteiger partial charge < -0.3 is 25.0 Å². The molecule has 2 amide bonds. The van der Waals surface area contributed by atoms with E-state index >= 15 is 0 Å². The van der Waals surface area contributed by atoms with Crippen LogP contribution >= 0.6 is 11.6 Å². The molecule has 0 saturated heterocycles. The lowest BCUT2D eigenvalue weighted by molar-refractivity contribution is -0.145. The molecule has 1 aromatic heterocycles. The molecule has 0 bridgehead atoms. The molecule has 0 unspecified atom stereocenters. The molecule has 188 valence electrons. The van der Waals surface area contributed by atoms with E-state index in [0.717, 1.165) is 0 Å². The van der Waals surface area contributed by atoms with Gasteiger partial charge in [-0.1, -0.05) is 11.6 Å². The second-order valence-electron chi connectivity index (χ2n) is 8.30. The Labute approximate surface area is 209 Å². The van der Waals surface area contributed by atoms with E-state index in [4.69, 9.17) is 21.4 Å². The Hall–Kier alpha value is -3.99. The number of halogens is 3. The molecular formula is C24H21ClF2N4O5. The van der Waals surface area contributed by atoms with Gasteiger partial charge in [-0.3, -0.25) is 14.4 Å². The van der Waals surface area contributed by atoms with E-state index in [9.17, 15) is 23.2 Å². The van der Waals surface area contributed by atoms with Crippen molar-refractivity contribution in [3.8, 4) is 17.0 Å². The van der Waals surface area contributed by atoms with Crippen LogP contribution in [-0.2, 0) is 11.8 Å². The third-order valence-corrected chi connectivity index (χ3v) is 6.34. The monoisotopic (exact) mass is 518 g/mol. The Balaban J connectivity index is 1.46. The van der Waals surface area contributed by atoms with Crippen LogP contribution in [-0.4, -0.2) is 45.6 Å². The molecule has 2 aromatic carbocycles. The van der Waals surface area contributed by atoms with Crippen LogP contribution in [0.2, 0.25) is 5.02 Å². The maximum Gasteiger partial charge on any atom is 0.306 e. The van der Waals surface area contributed by atoms with Crippen molar-refractivity contribution in [2.45, 2.75) is 18.9 Å². The van der Waals surface area contributed by atoms with Gasteiger partial charge in [0.05, 0.1) is 35.5 Å². The van der Waals surface area contributed by atoms with E-state index in [1.165, 1.54) is 55.3 Å². The van der Waals surface area contributed by atoms with Gasteiger partial charge in [-0.25, -0.2) is 9.37 Å². The summed E-state index contributed by atoms with van der Waals surface area (Å²) in [6.07, 6.45) is 1.95. The number of imidazole rings is 1. The number of anilines is 1. The van der Waals surface area contributed by atoms with Crippen LogP contribution in [0.1, 0.15) is 33.8 Å². The number of hydrogen-bond acceptors (Lipinski definition) is 5. The van der Waals surface area contributed by atoms with E-state index in [1.807, 2.05) is 0 Å². The Morgan fingerprint density at radius 3 is 2.50 bits per heavy atom. The minimum Gasteiger partial charge on any atom is -0.494 e. The SMILES string of the molecule is COc1ccc(-c2cnc(C(=O)Nc3ccc(C(=O)NC4CC(C(=O)O)C4)c(Cl)c3)n2C)c(F)c1F. The molecule has 1 fully saturated rings. The quantitative estimate of drug-likeness (QED) is 0.436. The van der Waals surface area contributed by atoms with Crippen molar-refractivity contribution in [2.75, 3.05) is 12.4 Å². The van der Waals surface area contributed by atoms with Crippen molar-refractivity contribution in [3.63, 3.8) is 0 Å². The highest BCUT2D eigenvalue weighted by molar-refractivity contribution is 6.34. The molecule has 9 nitrogen and oxygen atoms in total. The molecule has 0 aliphatic heterocycles. The largest absolute Gasteiger partial charge is 0.494 e. The molecule has 0 spiro atoms. The number of carbonyl (C=O) groups is 3. The molecule has 1 aliphatic carbocycles. The Bertz CT molecular complexity index is 1370. The van der Waals surface area contributed by atoms with Gasteiger partial charge in [0, 0.05) is 24.3 Å². The Kier molecular flexibility index (Phi) is 6.93. The van der Waals surface area contributed by atoms with Crippen molar-refractivity contribution in [3.05, 3.63) is 64.6 Å². The number of nitrogens with one attached hydrogen (secondary N) is 2. The van der Waals surface area contributed by atoms with Gasteiger partial charge in [-0.15, -0.1) is 0 Å². The summed E-state index contributed by atoms with van der Waals surface area (Å²) >= 11 is 6.24. The zero-order valence-corrected chi connectivity index (χ0v) is 19.9. The van der Waals surface area contributed by atoms with Crippen molar-refractivity contribution < 1.29 is 33.0 Å². The average Bonchev–Trinajstić information content (AvgIpc) is 3.18. The predicted molar refractivity (Wildman–Crippen MR) is 126 cm³/mol. The number of carbonyl (C=O) groups excluding carboxylic acids is 2. The fraction of sp³-hybridized carbons (Fsp3) is 0.250. The number of benzene rings is 2. The number of ether oxygens (including phenoxy) is 1. The molecule has 1 saturated carbocycles. The first-order chi connectivity index (χ1) is 17.1. The minimum atomic E-state index is -1.15. The zero-order valence-electron chi connectivity index (χ0n) is 19.1. The summed E-state index contributed by atoms with van der Waals surface area (Å²) in [7, 11) is 2.70. The first-order valence-corrected chi connectivity index (χ1v) is 11.2. The third kappa shape index (κ3) is 4.74. The Morgan fingerprint density at radius 1 is 1.14 bits per heavy atom. The summed E-state index contributed by atoms with van der Waals surface area (Å²) in [5, 5.41) is 14.4. The van der Waals surface area contributed by atoms with E-state index in [2.05, 4.69) is 15.6 Å². The molecule has 4 rings (SSSR count). The maximum atomic E-state index is 14.5. The van der Waals surface area contributed by atoms with Gasteiger partial charge >= 0.3 is 5.97 Å². The van der Waals surface area contributed by atoms with Gasteiger partial charge in [0.1, 0.15) is 0 Å². The standard InChI is InChI=1S/C24H21ClF2N4O5/c1-31-17(15-5-6-18(36-2)20(27)19(15)26)10-28-21(31)23(33)29-12-3-4-14(16(25)9-12)22(32)30-13-7-11(8-13)24(34)35/h3-6,9-11,13H,7-8H2,1-2H3,(H,29,33)(H,30,32)(H,34,35). The van der Waals surface area contributed by atoms with Crippen molar-refractivity contribution in [2.24, 2.45) is 13.0 Å². The summed E-state index contributed by atoms with van der Waals surface area (Å²) in [5.74, 6) is -5.05. The van der Waals surface area contributed by atoms with E-state index in [0.29, 0.717) is 12.8 Å². The summed E-state index contributed by atoms with van der Waals surface area (Å²) in [4.78, 5) is 40.2. The fourth-order valence-corrected chi connectivity index (χ4v) is 4.19. The molecule has 36 heavy (non-hydrogen) atoms.